The second-order valence-electron chi connectivity index (χ2n) is 6.46. The van der Waals surface area contributed by atoms with E-state index in [9.17, 15) is 23.5 Å². The van der Waals surface area contributed by atoms with Gasteiger partial charge in [0.1, 0.15) is 0 Å². The summed E-state index contributed by atoms with van der Waals surface area (Å²) >= 11 is 5.06. The van der Waals surface area contributed by atoms with Gasteiger partial charge < -0.3 is 15.5 Å². The lowest BCUT2D eigenvalue weighted by Gasteiger charge is -2.36. The van der Waals surface area contributed by atoms with Crippen LogP contribution in [0.15, 0.2) is 0 Å². The number of hydroxylamine groups is 2. The Balaban J connectivity index is 1.42. The summed E-state index contributed by atoms with van der Waals surface area (Å²) in [6.07, 6.45) is 1.79. The molecule has 11 heteroatoms. The number of unbranched alkanes of at least 4 members (excludes halogenated alkanes) is 1. The molecule has 0 bridgehead atoms. The third-order valence-electron chi connectivity index (χ3n) is 4.68. The first kappa shape index (κ1) is 18.4. The maximum atomic E-state index is 11.7. The number of carbonyl (C=O) groups excluding carboxylic acids is 3. The van der Waals surface area contributed by atoms with Gasteiger partial charge >= 0.3 is 5.97 Å². The lowest BCUT2D eigenvalue weighted by molar-refractivity contribution is -0.197. The van der Waals surface area contributed by atoms with Crippen molar-refractivity contribution >= 4 is 45.7 Å². The molecule has 0 aliphatic carbocycles. The summed E-state index contributed by atoms with van der Waals surface area (Å²) in [4.78, 5) is 39.3. The van der Waals surface area contributed by atoms with Crippen molar-refractivity contribution in [1.29, 1.82) is 0 Å². The van der Waals surface area contributed by atoms with Crippen LogP contribution >= 0.6 is 22.8 Å². The van der Waals surface area contributed by atoms with Crippen molar-refractivity contribution in [3.8, 4) is 0 Å². The van der Waals surface area contributed by atoms with Crippen LogP contribution in [0, 0.1) is 0 Å². The molecule has 0 spiro atoms. The maximum Gasteiger partial charge on any atom is 0.333 e. The highest BCUT2D eigenvalue weighted by Gasteiger charge is 2.50. The quantitative estimate of drug-likeness (QED) is 0.291. The normalized spacial score (nSPS) is 31.5. The van der Waals surface area contributed by atoms with Crippen LogP contribution in [0.1, 0.15) is 38.5 Å². The van der Waals surface area contributed by atoms with Gasteiger partial charge in [-0.05, 0) is 25.1 Å². The van der Waals surface area contributed by atoms with Crippen molar-refractivity contribution < 1.29 is 28.3 Å². The zero-order valence-electron chi connectivity index (χ0n) is 13.5. The van der Waals surface area contributed by atoms with Gasteiger partial charge in [-0.3, -0.25) is 18.7 Å². The zero-order chi connectivity index (χ0) is 18.2. The Morgan fingerprint density at radius 3 is 2.60 bits per heavy atom. The molecule has 3 saturated heterocycles. The topological polar surface area (TPSA) is 128 Å². The lowest BCUT2D eigenvalue weighted by atomic mass is 10.0. The molecule has 4 N–H and O–H groups in total. The third kappa shape index (κ3) is 3.89. The Hall–Kier alpha value is -1.43. The van der Waals surface area contributed by atoms with E-state index < -0.39 is 28.4 Å². The number of amides is 2. The van der Waals surface area contributed by atoms with Gasteiger partial charge in [-0.2, -0.15) is 10.6 Å². The molecule has 0 aromatic heterocycles. The molecule has 0 aromatic rings. The minimum Gasteiger partial charge on any atom is -0.356 e. The lowest BCUT2D eigenvalue weighted by Crippen LogP contribution is -2.38. The highest BCUT2D eigenvalue weighted by Crippen LogP contribution is 2.54. The molecule has 0 aromatic carbocycles. The molecular weight excluding hydrogens is 370 g/mol. The Bertz CT molecular complexity index is 597. The Labute approximate surface area is 151 Å². The van der Waals surface area contributed by atoms with E-state index in [0.29, 0.717) is 29.4 Å². The fraction of sp³-hybridized carbons (Fsp3) is 0.714. The molecule has 2 amide bonds. The van der Waals surface area contributed by atoms with E-state index in [2.05, 4.69) is 10.6 Å². The van der Waals surface area contributed by atoms with Crippen molar-refractivity contribution in [3.63, 3.8) is 0 Å². The van der Waals surface area contributed by atoms with Crippen molar-refractivity contribution in [2.75, 3.05) is 5.75 Å². The Kier molecular flexibility index (Phi) is 5.19. The number of hydrogen-bond acceptors (Lipinski definition) is 7. The van der Waals surface area contributed by atoms with Gasteiger partial charge in [0.2, 0.25) is 0 Å². The second-order valence-corrected chi connectivity index (χ2v) is 9.25. The van der Waals surface area contributed by atoms with Crippen LogP contribution in [-0.2, 0) is 19.2 Å². The number of thiocarbonyl (C=S) groups is 1. The number of carbonyl (C=O) groups is 3. The predicted octanol–water partition coefficient (Wildman–Crippen LogP) is 0.502. The van der Waals surface area contributed by atoms with Crippen LogP contribution < -0.4 is 10.6 Å². The van der Waals surface area contributed by atoms with Crippen molar-refractivity contribution in [3.05, 3.63) is 0 Å². The van der Waals surface area contributed by atoms with Crippen LogP contribution in [0.2, 0.25) is 0 Å². The van der Waals surface area contributed by atoms with E-state index in [1.54, 1.807) is 0 Å². The fourth-order valence-corrected chi connectivity index (χ4v) is 6.09. The number of imide groups is 1. The van der Waals surface area contributed by atoms with Crippen LogP contribution in [0.3, 0.4) is 0 Å². The maximum absolute atomic E-state index is 11.7. The number of rotatable bonds is 6. The molecule has 0 unspecified atom stereocenters. The number of nitrogens with one attached hydrogen (secondary N) is 2. The average molecular weight is 391 g/mol. The smallest absolute Gasteiger partial charge is 0.333 e. The largest absolute Gasteiger partial charge is 0.356 e. The first-order chi connectivity index (χ1) is 11.8. The highest BCUT2D eigenvalue weighted by atomic mass is 32.3. The van der Waals surface area contributed by atoms with Gasteiger partial charge in [0, 0.05) is 19.3 Å². The van der Waals surface area contributed by atoms with E-state index in [0.717, 1.165) is 0 Å². The summed E-state index contributed by atoms with van der Waals surface area (Å²) in [7, 11) is -2.70. The monoisotopic (exact) mass is 391 g/mol. The summed E-state index contributed by atoms with van der Waals surface area (Å²) in [5.41, 5.74) is 0. The molecular formula is C14H21N3O6S2. The van der Waals surface area contributed by atoms with Crippen LogP contribution in [0.5, 0.6) is 0 Å². The molecule has 140 valence electrons. The van der Waals surface area contributed by atoms with Gasteiger partial charge in [0.25, 0.3) is 11.8 Å². The van der Waals surface area contributed by atoms with E-state index in [1.807, 2.05) is 0 Å². The van der Waals surface area contributed by atoms with E-state index in [1.165, 1.54) is 0 Å². The van der Waals surface area contributed by atoms with Gasteiger partial charge in [-0.15, -0.1) is 5.06 Å². The van der Waals surface area contributed by atoms with Crippen LogP contribution in [0.4, 0.5) is 0 Å². The molecule has 3 rings (SSSR count). The number of fused-ring (bicyclic) bond motifs is 1. The third-order valence-corrected chi connectivity index (χ3v) is 7.26. The van der Waals surface area contributed by atoms with Crippen LogP contribution in [-0.4, -0.2) is 60.2 Å². The Morgan fingerprint density at radius 1 is 1.24 bits per heavy atom. The standard InChI is InChI=1S/C14H21N3O6S2/c18-10-5-6-11(19)17(10)23-12(20)4-2-1-3-9-13-8(7-25(9,21)22)15-14(24)16-13/h8-9,13,21-22H,1-7H2,(H2,15,16,24)/t8-,9-,13-/m0/s1. The molecule has 9 nitrogen and oxygen atoms in total. The minimum atomic E-state index is -2.70. The summed E-state index contributed by atoms with van der Waals surface area (Å²) in [6.45, 7) is 0. The van der Waals surface area contributed by atoms with Crippen LogP contribution in [0.25, 0.3) is 0 Å². The molecule has 0 saturated carbocycles. The summed E-state index contributed by atoms with van der Waals surface area (Å²) in [6, 6.07) is -0.177. The average Bonchev–Trinajstić information content (AvgIpc) is 3.09. The fourth-order valence-electron chi connectivity index (χ4n) is 3.46. The minimum absolute atomic E-state index is 0.0567. The molecule has 0 radical (unpaired) electrons. The van der Waals surface area contributed by atoms with E-state index >= 15 is 0 Å². The second kappa shape index (κ2) is 7.06. The molecule has 25 heavy (non-hydrogen) atoms. The van der Waals surface area contributed by atoms with E-state index in [4.69, 9.17) is 17.1 Å². The first-order valence-electron chi connectivity index (χ1n) is 8.16. The van der Waals surface area contributed by atoms with Crippen molar-refractivity contribution in [2.24, 2.45) is 0 Å². The van der Waals surface area contributed by atoms with Gasteiger partial charge in [-0.1, -0.05) is 6.42 Å². The van der Waals surface area contributed by atoms with Gasteiger partial charge in [0.15, 0.2) is 5.11 Å². The van der Waals surface area contributed by atoms with E-state index in [-0.39, 0.29) is 42.3 Å². The van der Waals surface area contributed by atoms with Gasteiger partial charge in [0.05, 0.1) is 23.1 Å². The van der Waals surface area contributed by atoms with Gasteiger partial charge in [-0.25, -0.2) is 4.79 Å². The first-order valence-corrected chi connectivity index (χ1v) is 10.3. The summed E-state index contributed by atoms with van der Waals surface area (Å²) < 4.78 is 20.5. The summed E-state index contributed by atoms with van der Waals surface area (Å²) in [5, 5.41) is 6.86. The zero-order valence-corrected chi connectivity index (χ0v) is 15.1. The predicted molar refractivity (Wildman–Crippen MR) is 93.6 cm³/mol. The molecule has 3 heterocycles. The molecule has 3 aliphatic heterocycles. The SMILES string of the molecule is O=C(CCCC[C@H]1[C@H]2NC(=S)N[C@H]2CS1(O)O)ON1C(=O)CCC1=O. The van der Waals surface area contributed by atoms with Crippen molar-refractivity contribution in [2.45, 2.75) is 55.9 Å². The highest BCUT2D eigenvalue weighted by molar-refractivity contribution is 8.25. The van der Waals surface area contributed by atoms with Crippen molar-refractivity contribution in [1.82, 2.24) is 15.7 Å². The Morgan fingerprint density at radius 2 is 1.92 bits per heavy atom. The summed E-state index contributed by atoms with van der Waals surface area (Å²) in [5.74, 6) is -1.36. The molecule has 3 fully saturated rings. The molecule has 3 atom stereocenters. The number of hydrogen-bond donors (Lipinski definition) is 4. The molecule has 3 aliphatic rings. The number of nitrogens with zero attached hydrogens (tertiary/aromatic N) is 1.